The van der Waals surface area contributed by atoms with E-state index in [9.17, 15) is 0 Å². The fourth-order valence-electron chi connectivity index (χ4n) is 0.515. The van der Waals surface area contributed by atoms with E-state index >= 15 is 0 Å². The summed E-state index contributed by atoms with van der Waals surface area (Å²) in [6.45, 7) is 23.5. The van der Waals surface area contributed by atoms with Crippen LogP contribution in [0.4, 0.5) is 0 Å². The Labute approximate surface area is 86.8 Å². The Morgan fingerprint density at radius 2 is 0.846 bits per heavy atom. The molecule has 0 aromatic heterocycles. The van der Waals surface area contributed by atoms with Gasteiger partial charge >= 0.3 is 0 Å². The van der Waals surface area contributed by atoms with Gasteiger partial charge in [0, 0.05) is 0 Å². The maximum atomic E-state index is 3.73. The van der Waals surface area contributed by atoms with Gasteiger partial charge in [0.1, 0.15) is 0 Å². The molecular weight excluding hydrogens is 156 g/mol. The SMILES string of the molecule is C=C(C)CC(=C)C.CC.CC.CC. The first-order chi connectivity index (χ1) is 6.13. The highest BCUT2D eigenvalue weighted by atomic mass is 13.9. The molecule has 0 atom stereocenters. The zero-order chi connectivity index (χ0) is 11.9. The van der Waals surface area contributed by atoms with E-state index in [4.69, 9.17) is 0 Å². The van der Waals surface area contributed by atoms with Gasteiger partial charge in [-0.15, -0.1) is 0 Å². The molecule has 0 nitrogen and oxygen atoms in total. The van der Waals surface area contributed by atoms with E-state index in [1.54, 1.807) is 0 Å². The van der Waals surface area contributed by atoms with Gasteiger partial charge in [0.2, 0.25) is 0 Å². The molecule has 0 heterocycles. The third-order valence-corrected chi connectivity index (χ3v) is 0.604. The third kappa shape index (κ3) is 85.2. The zero-order valence-corrected chi connectivity index (χ0v) is 11.1. The van der Waals surface area contributed by atoms with Crippen LogP contribution < -0.4 is 0 Å². The largest absolute Gasteiger partial charge is 0.0998 e. The molecule has 0 aliphatic heterocycles. The second-order valence-corrected chi connectivity index (χ2v) is 2.09. The Kier molecular flexibility index (Phi) is 52.8. The first-order valence-electron chi connectivity index (χ1n) is 5.41. The van der Waals surface area contributed by atoms with Gasteiger partial charge in [0.05, 0.1) is 0 Å². The van der Waals surface area contributed by atoms with Gasteiger partial charge in [0.15, 0.2) is 0 Å². The van der Waals surface area contributed by atoms with Crippen molar-refractivity contribution in [1.29, 1.82) is 0 Å². The molecule has 0 heteroatoms. The average Bonchev–Trinajstić information content (AvgIpc) is 2.12. The van der Waals surface area contributed by atoms with Crippen molar-refractivity contribution in [3.8, 4) is 0 Å². The molecule has 13 heavy (non-hydrogen) atoms. The van der Waals surface area contributed by atoms with Crippen LogP contribution in [0.25, 0.3) is 0 Å². The van der Waals surface area contributed by atoms with E-state index in [0.717, 1.165) is 6.42 Å². The zero-order valence-electron chi connectivity index (χ0n) is 11.1. The predicted molar refractivity (Wildman–Crippen MR) is 68.3 cm³/mol. The maximum Gasteiger partial charge on any atom is -0.0119 e. The minimum atomic E-state index is 0.972. The Morgan fingerprint density at radius 3 is 0.846 bits per heavy atom. The quantitative estimate of drug-likeness (QED) is 0.492. The van der Waals surface area contributed by atoms with Crippen molar-refractivity contribution >= 4 is 0 Å². The van der Waals surface area contributed by atoms with Crippen molar-refractivity contribution in [3.05, 3.63) is 24.3 Å². The lowest BCUT2D eigenvalue weighted by Crippen LogP contribution is -1.72. The van der Waals surface area contributed by atoms with Crippen molar-refractivity contribution in [3.63, 3.8) is 0 Å². The molecule has 0 bridgehead atoms. The number of hydrogen-bond acceptors (Lipinski definition) is 0. The van der Waals surface area contributed by atoms with Gasteiger partial charge in [-0.1, -0.05) is 65.8 Å². The van der Waals surface area contributed by atoms with Crippen molar-refractivity contribution in [2.75, 3.05) is 0 Å². The molecule has 82 valence electrons. The molecule has 0 saturated carbocycles. The molecule has 0 aromatic carbocycles. The monoisotopic (exact) mass is 186 g/mol. The van der Waals surface area contributed by atoms with Gasteiger partial charge in [-0.2, -0.15) is 0 Å². The molecule has 0 fully saturated rings. The van der Waals surface area contributed by atoms with Gasteiger partial charge in [0.25, 0.3) is 0 Å². The summed E-state index contributed by atoms with van der Waals surface area (Å²) in [6.07, 6.45) is 0.972. The summed E-state index contributed by atoms with van der Waals surface area (Å²) in [4.78, 5) is 0. The molecule has 0 unspecified atom stereocenters. The van der Waals surface area contributed by atoms with Crippen molar-refractivity contribution < 1.29 is 0 Å². The molecule has 0 saturated heterocycles. The van der Waals surface area contributed by atoms with Gasteiger partial charge in [-0.05, 0) is 20.3 Å². The highest BCUT2D eigenvalue weighted by Crippen LogP contribution is 2.02. The normalized spacial score (nSPS) is 5.85. The van der Waals surface area contributed by atoms with Crippen LogP contribution in [0.1, 0.15) is 61.8 Å². The van der Waals surface area contributed by atoms with Gasteiger partial charge in [-0.25, -0.2) is 0 Å². The summed E-state index contributed by atoms with van der Waals surface area (Å²) in [6, 6.07) is 0. The minimum Gasteiger partial charge on any atom is -0.0998 e. The fraction of sp³-hybridized carbons (Fsp3) is 0.692. The standard InChI is InChI=1S/C7H12.3C2H6/c1-6(2)5-7(3)4;3*1-2/h1,3,5H2,2,4H3;3*1-2H3. The lowest BCUT2D eigenvalue weighted by Gasteiger charge is -1.93. The summed E-state index contributed by atoms with van der Waals surface area (Å²) in [5.41, 5.74) is 2.38. The average molecular weight is 186 g/mol. The van der Waals surface area contributed by atoms with Crippen LogP contribution in [0.15, 0.2) is 24.3 Å². The molecule has 0 spiro atoms. The Morgan fingerprint density at radius 1 is 0.692 bits per heavy atom. The summed E-state index contributed by atoms with van der Waals surface area (Å²) < 4.78 is 0. The molecule has 0 amide bonds. The molecule has 0 aliphatic rings. The van der Waals surface area contributed by atoms with Gasteiger partial charge in [-0.3, -0.25) is 0 Å². The summed E-state index contributed by atoms with van der Waals surface area (Å²) in [5.74, 6) is 0. The van der Waals surface area contributed by atoms with Crippen LogP contribution in [0.2, 0.25) is 0 Å². The molecule has 0 rings (SSSR count). The van der Waals surface area contributed by atoms with E-state index in [1.807, 2.05) is 55.4 Å². The minimum absolute atomic E-state index is 0.972. The summed E-state index contributed by atoms with van der Waals surface area (Å²) in [7, 11) is 0. The lowest BCUT2D eigenvalue weighted by atomic mass is 10.1. The smallest absolute Gasteiger partial charge is 0.0119 e. The van der Waals surface area contributed by atoms with Crippen LogP contribution >= 0.6 is 0 Å². The van der Waals surface area contributed by atoms with E-state index < -0.39 is 0 Å². The highest BCUT2D eigenvalue weighted by molar-refractivity contribution is 5.03. The molecule has 0 radical (unpaired) electrons. The topological polar surface area (TPSA) is 0 Å². The molecule has 0 aromatic rings. The van der Waals surface area contributed by atoms with E-state index in [0.29, 0.717) is 0 Å². The van der Waals surface area contributed by atoms with Crippen molar-refractivity contribution in [2.24, 2.45) is 0 Å². The maximum absolute atomic E-state index is 3.73. The van der Waals surface area contributed by atoms with Crippen molar-refractivity contribution in [2.45, 2.75) is 61.8 Å². The van der Waals surface area contributed by atoms with E-state index in [2.05, 4.69) is 13.2 Å². The Bertz CT molecular complexity index is 76.2. The van der Waals surface area contributed by atoms with Gasteiger partial charge < -0.3 is 0 Å². The Balaban J connectivity index is -0.0000000573. The van der Waals surface area contributed by atoms with Crippen LogP contribution in [0.5, 0.6) is 0 Å². The van der Waals surface area contributed by atoms with Crippen LogP contribution in [0, 0.1) is 0 Å². The fourth-order valence-corrected chi connectivity index (χ4v) is 0.515. The first-order valence-corrected chi connectivity index (χ1v) is 5.41. The summed E-state index contributed by atoms with van der Waals surface area (Å²) >= 11 is 0. The summed E-state index contributed by atoms with van der Waals surface area (Å²) in [5, 5.41) is 0. The number of allylic oxidation sites excluding steroid dienone is 2. The van der Waals surface area contributed by atoms with Crippen molar-refractivity contribution in [1.82, 2.24) is 0 Å². The Hall–Kier alpha value is -0.520. The third-order valence-electron chi connectivity index (χ3n) is 0.604. The van der Waals surface area contributed by atoms with Crippen LogP contribution in [-0.2, 0) is 0 Å². The number of rotatable bonds is 2. The van der Waals surface area contributed by atoms with Crippen LogP contribution in [0.3, 0.4) is 0 Å². The van der Waals surface area contributed by atoms with E-state index in [-0.39, 0.29) is 0 Å². The number of hydrogen-bond donors (Lipinski definition) is 0. The highest BCUT2D eigenvalue weighted by Gasteiger charge is 1.82. The predicted octanol–water partition coefficient (Wildman–Crippen LogP) is 5.61. The second kappa shape index (κ2) is 30.0. The second-order valence-electron chi connectivity index (χ2n) is 2.09. The molecule has 0 aliphatic carbocycles. The molecule has 0 N–H and O–H groups in total. The first kappa shape index (κ1) is 22.9. The lowest BCUT2D eigenvalue weighted by molar-refractivity contribution is 1.13. The van der Waals surface area contributed by atoms with E-state index in [1.165, 1.54) is 11.1 Å². The molecular formula is C13H30. The van der Waals surface area contributed by atoms with Crippen LogP contribution in [-0.4, -0.2) is 0 Å².